The SMILES string of the molecule is Oc1cccc(Cl)c1CNC1CCCCC1C(F)(F)F. The molecule has 0 amide bonds. The molecule has 112 valence electrons. The Morgan fingerprint density at radius 2 is 1.95 bits per heavy atom. The van der Waals surface area contributed by atoms with Crippen LogP contribution in [-0.4, -0.2) is 17.3 Å². The summed E-state index contributed by atoms with van der Waals surface area (Å²) >= 11 is 5.95. The summed E-state index contributed by atoms with van der Waals surface area (Å²) in [6, 6.07) is 4.07. The van der Waals surface area contributed by atoms with Gasteiger partial charge in [0.15, 0.2) is 0 Å². The summed E-state index contributed by atoms with van der Waals surface area (Å²) in [4.78, 5) is 0. The van der Waals surface area contributed by atoms with E-state index in [1.165, 1.54) is 6.07 Å². The minimum atomic E-state index is -4.18. The summed E-state index contributed by atoms with van der Waals surface area (Å²) in [6.07, 6.45) is -2.12. The number of halogens is 4. The Hall–Kier alpha value is -0.940. The molecule has 2 N–H and O–H groups in total. The molecule has 0 radical (unpaired) electrons. The number of alkyl halides is 3. The molecule has 0 aromatic heterocycles. The molecule has 1 fully saturated rings. The highest BCUT2D eigenvalue weighted by Crippen LogP contribution is 2.38. The zero-order valence-electron chi connectivity index (χ0n) is 10.9. The number of benzene rings is 1. The Labute approximate surface area is 120 Å². The van der Waals surface area contributed by atoms with Crippen molar-refractivity contribution >= 4 is 11.6 Å². The molecule has 0 spiro atoms. The Balaban J connectivity index is 2.05. The number of hydrogen-bond donors (Lipinski definition) is 2. The first-order valence-corrected chi connectivity index (χ1v) is 7.04. The van der Waals surface area contributed by atoms with Gasteiger partial charge in [-0.05, 0) is 25.0 Å². The zero-order valence-corrected chi connectivity index (χ0v) is 11.6. The standard InChI is InChI=1S/C14H17ClF3NO/c15-11-5-3-7-13(20)9(11)8-19-12-6-2-1-4-10(12)14(16,17)18/h3,5,7,10,12,19-20H,1-2,4,6,8H2. The average molecular weight is 308 g/mol. The number of nitrogens with one attached hydrogen (secondary N) is 1. The number of phenolic OH excluding ortho intramolecular Hbond substituents is 1. The largest absolute Gasteiger partial charge is 0.508 e. The van der Waals surface area contributed by atoms with Crippen LogP contribution in [0, 0.1) is 5.92 Å². The lowest BCUT2D eigenvalue weighted by molar-refractivity contribution is -0.189. The van der Waals surface area contributed by atoms with Gasteiger partial charge in [0.2, 0.25) is 0 Å². The molecule has 2 unspecified atom stereocenters. The molecule has 2 atom stereocenters. The molecule has 0 bridgehead atoms. The minimum Gasteiger partial charge on any atom is -0.508 e. The molecule has 2 rings (SSSR count). The van der Waals surface area contributed by atoms with Crippen molar-refractivity contribution < 1.29 is 18.3 Å². The Bertz CT molecular complexity index is 444. The summed E-state index contributed by atoms with van der Waals surface area (Å²) < 4.78 is 38.9. The van der Waals surface area contributed by atoms with Crippen LogP contribution in [0.4, 0.5) is 13.2 Å². The Morgan fingerprint density at radius 1 is 1.25 bits per heavy atom. The van der Waals surface area contributed by atoms with Gasteiger partial charge in [-0.15, -0.1) is 0 Å². The van der Waals surface area contributed by atoms with E-state index in [1.807, 2.05) is 0 Å². The van der Waals surface area contributed by atoms with E-state index >= 15 is 0 Å². The third-order valence-corrected chi connectivity index (χ3v) is 4.18. The van der Waals surface area contributed by atoms with Crippen molar-refractivity contribution in [3.05, 3.63) is 28.8 Å². The number of rotatable bonds is 3. The maximum Gasteiger partial charge on any atom is 0.393 e. The first kappa shape index (κ1) is 15.4. The maximum atomic E-state index is 13.0. The number of hydrogen-bond acceptors (Lipinski definition) is 2. The van der Waals surface area contributed by atoms with Crippen molar-refractivity contribution in [3.8, 4) is 5.75 Å². The second-order valence-electron chi connectivity index (χ2n) is 5.16. The van der Waals surface area contributed by atoms with Crippen LogP contribution in [0.2, 0.25) is 5.02 Å². The van der Waals surface area contributed by atoms with Gasteiger partial charge in [-0.25, -0.2) is 0 Å². The van der Waals surface area contributed by atoms with Gasteiger partial charge < -0.3 is 10.4 Å². The van der Waals surface area contributed by atoms with E-state index in [0.29, 0.717) is 23.4 Å². The highest BCUT2D eigenvalue weighted by atomic mass is 35.5. The number of phenols is 1. The van der Waals surface area contributed by atoms with Crippen molar-refractivity contribution in [2.24, 2.45) is 5.92 Å². The molecular weight excluding hydrogens is 291 g/mol. The van der Waals surface area contributed by atoms with E-state index in [2.05, 4.69) is 5.32 Å². The lowest BCUT2D eigenvalue weighted by Gasteiger charge is -2.33. The molecule has 1 aliphatic rings. The number of aromatic hydroxyl groups is 1. The second kappa shape index (κ2) is 6.22. The van der Waals surface area contributed by atoms with E-state index < -0.39 is 18.1 Å². The highest BCUT2D eigenvalue weighted by molar-refractivity contribution is 6.31. The van der Waals surface area contributed by atoms with Crippen molar-refractivity contribution in [2.45, 2.75) is 44.4 Å². The Kier molecular flexibility index (Phi) is 4.81. The lowest BCUT2D eigenvalue weighted by atomic mass is 9.84. The van der Waals surface area contributed by atoms with Gasteiger partial charge in [0.25, 0.3) is 0 Å². The topological polar surface area (TPSA) is 32.3 Å². The summed E-state index contributed by atoms with van der Waals surface area (Å²) in [5.74, 6) is -1.31. The zero-order chi connectivity index (χ0) is 14.8. The van der Waals surface area contributed by atoms with Gasteiger partial charge in [-0.1, -0.05) is 30.5 Å². The molecule has 1 aromatic carbocycles. The van der Waals surface area contributed by atoms with Gasteiger partial charge >= 0.3 is 6.18 Å². The molecule has 2 nitrogen and oxygen atoms in total. The predicted molar refractivity (Wildman–Crippen MR) is 71.8 cm³/mol. The summed E-state index contributed by atoms with van der Waals surface area (Å²) in [5.41, 5.74) is 0.445. The molecule has 1 aromatic rings. The van der Waals surface area contributed by atoms with Gasteiger partial charge in [-0.2, -0.15) is 13.2 Å². The van der Waals surface area contributed by atoms with E-state index in [9.17, 15) is 18.3 Å². The maximum absolute atomic E-state index is 13.0. The van der Waals surface area contributed by atoms with Crippen LogP contribution in [0.3, 0.4) is 0 Å². The lowest BCUT2D eigenvalue weighted by Crippen LogP contribution is -2.45. The van der Waals surface area contributed by atoms with Crippen LogP contribution < -0.4 is 5.32 Å². The third kappa shape index (κ3) is 3.58. The average Bonchev–Trinajstić information content (AvgIpc) is 2.37. The molecule has 0 saturated heterocycles. The van der Waals surface area contributed by atoms with Crippen molar-refractivity contribution in [2.75, 3.05) is 0 Å². The normalized spacial score (nSPS) is 23.8. The van der Waals surface area contributed by atoms with E-state index in [1.54, 1.807) is 12.1 Å². The third-order valence-electron chi connectivity index (χ3n) is 3.82. The van der Waals surface area contributed by atoms with Crippen molar-refractivity contribution in [1.82, 2.24) is 5.32 Å². The van der Waals surface area contributed by atoms with Crippen LogP contribution >= 0.6 is 11.6 Å². The van der Waals surface area contributed by atoms with Crippen molar-refractivity contribution in [1.29, 1.82) is 0 Å². The summed E-state index contributed by atoms with van der Waals surface area (Å²) in [5, 5.41) is 13.0. The smallest absolute Gasteiger partial charge is 0.393 e. The van der Waals surface area contributed by atoms with Gasteiger partial charge in [0.05, 0.1) is 5.92 Å². The Morgan fingerprint density at radius 3 is 2.60 bits per heavy atom. The summed E-state index contributed by atoms with van der Waals surface area (Å²) in [7, 11) is 0. The fraction of sp³-hybridized carbons (Fsp3) is 0.571. The second-order valence-corrected chi connectivity index (χ2v) is 5.56. The molecule has 0 aliphatic heterocycles. The molecule has 1 saturated carbocycles. The van der Waals surface area contributed by atoms with Crippen LogP contribution in [-0.2, 0) is 6.54 Å². The molecular formula is C14H17ClF3NO. The molecule has 6 heteroatoms. The predicted octanol–water partition coefficient (Wildman–Crippen LogP) is 4.26. The van der Waals surface area contributed by atoms with Crippen LogP contribution in [0.5, 0.6) is 5.75 Å². The van der Waals surface area contributed by atoms with E-state index in [0.717, 1.165) is 6.42 Å². The van der Waals surface area contributed by atoms with Gasteiger partial charge in [0.1, 0.15) is 5.75 Å². The minimum absolute atomic E-state index is 0.00404. The first-order valence-electron chi connectivity index (χ1n) is 6.66. The van der Waals surface area contributed by atoms with Crippen LogP contribution in [0.1, 0.15) is 31.2 Å². The van der Waals surface area contributed by atoms with Gasteiger partial charge in [-0.3, -0.25) is 0 Å². The fourth-order valence-electron chi connectivity index (χ4n) is 2.72. The van der Waals surface area contributed by atoms with Crippen molar-refractivity contribution in [3.63, 3.8) is 0 Å². The van der Waals surface area contributed by atoms with E-state index in [4.69, 9.17) is 11.6 Å². The van der Waals surface area contributed by atoms with Gasteiger partial charge in [0, 0.05) is 23.2 Å². The first-order chi connectivity index (χ1) is 9.39. The molecule has 20 heavy (non-hydrogen) atoms. The quantitative estimate of drug-likeness (QED) is 0.874. The molecule has 0 heterocycles. The van der Waals surface area contributed by atoms with E-state index in [-0.39, 0.29) is 18.7 Å². The van der Waals surface area contributed by atoms with Crippen LogP contribution in [0.25, 0.3) is 0 Å². The monoisotopic (exact) mass is 307 g/mol. The fourth-order valence-corrected chi connectivity index (χ4v) is 2.96. The highest BCUT2D eigenvalue weighted by Gasteiger charge is 2.45. The van der Waals surface area contributed by atoms with Crippen LogP contribution in [0.15, 0.2) is 18.2 Å². The summed E-state index contributed by atoms with van der Waals surface area (Å²) in [6.45, 7) is 0.142. The molecule has 1 aliphatic carbocycles.